The number of aliphatic hydroxyl groups is 1. The minimum atomic E-state index is -0.253. The Morgan fingerprint density at radius 3 is 3.00 bits per heavy atom. The summed E-state index contributed by atoms with van der Waals surface area (Å²) in [5.41, 5.74) is -0.118. The predicted octanol–water partition coefficient (Wildman–Crippen LogP) is 3.01. The lowest BCUT2D eigenvalue weighted by Gasteiger charge is -2.38. The van der Waals surface area contributed by atoms with E-state index in [4.69, 9.17) is 9.73 Å². The Labute approximate surface area is 179 Å². The summed E-state index contributed by atoms with van der Waals surface area (Å²) in [6.45, 7) is 11.4. The Morgan fingerprint density at radius 2 is 2.31 bits per heavy atom. The third kappa shape index (κ3) is 6.17. The molecule has 0 aromatic carbocycles. The molecular weight excluding hydrogens is 384 g/mol. The van der Waals surface area contributed by atoms with Gasteiger partial charge in [0.25, 0.3) is 0 Å². The standard InChI is InChI=1S/C22H38N4O2S/c1-4-23-21(25-16-22(3)10-6-5-9-20(22)27)24-14-18(19-8-7-13-29-19)26-11-12-28-17(2)15-26/h7-8,13,17-18,20,27H,4-6,9-12,14-16H2,1-3H3,(H2,23,24,25). The Hall–Kier alpha value is -1.15. The molecule has 2 heterocycles. The van der Waals surface area contributed by atoms with Gasteiger partial charge in [0.15, 0.2) is 5.96 Å². The maximum atomic E-state index is 10.5. The van der Waals surface area contributed by atoms with Crippen LogP contribution < -0.4 is 10.6 Å². The van der Waals surface area contributed by atoms with Crippen LogP contribution in [0, 0.1) is 5.41 Å². The van der Waals surface area contributed by atoms with Crippen molar-refractivity contribution >= 4 is 17.3 Å². The zero-order valence-electron chi connectivity index (χ0n) is 18.2. The monoisotopic (exact) mass is 422 g/mol. The molecule has 0 bridgehead atoms. The molecule has 1 aromatic heterocycles. The van der Waals surface area contributed by atoms with Crippen LogP contribution in [0.1, 0.15) is 57.4 Å². The molecule has 2 aliphatic rings. The largest absolute Gasteiger partial charge is 0.392 e. The van der Waals surface area contributed by atoms with Crippen LogP contribution in [-0.4, -0.2) is 67.5 Å². The van der Waals surface area contributed by atoms with Crippen LogP contribution >= 0.6 is 11.3 Å². The van der Waals surface area contributed by atoms with Crippen molar-refractivity contribution in [3.63, 3.8) is 0 Å². The normalized spacial score (nSPS) is 30.1. The van der Waals surface area contributed by atoms with E-state index < -0.39 is 0 Å². The lowest BCUT2D eigenvalue weighted by atomic mass is 9.73. The number of aliphatic imine (C=N–C) groups is 1. The SMILES string of the molecule is CCNC(=NCC1(C)CCCCC1O)NCC(c1cccs1)N1CCOC(C)C1. The lowest BCUT2D eigenvalue weighted by molar-refractivity contribution is -0.0334. The average molecular weight is 423 g/mol. The van der Waals surface area contributed by atoms with E-state index in [-0.39, 0.29) is 17.6 Å². The molecule has 29 heavy (non-hydrogen) atoms. The molecule has 7 heteroatoms. The Bertz CT molecular complexity index is 639. The van der Waals surface area contributed by atoms with Gasteiger partial charge < -0.3 is 20.5 Å². The molecule has 0 spiro atoms. The second kappa shape index (κ2) is 10.8. The topological polar surface area (TPSA) is 69.1 Å². The summed E-state index contributed by atoms with van der Waals surface area (Å²) in [7, 11) is 0. The molecule has 1 aliphatic heterocycles. The summed E-state index contributed by atoms with van der Waals surface area (Å²) in [6.07, 6.45) is 4.26. The first-order chi connectivity index (χ1) is 14.0. The minimum Gasteiger partial charge on any atom is -0.392 e. The van der Waals surface area contributed by atoms with Crippen LogP contribution in [0.3, 0.4) is 0 Å². The van der Waals surface area contributed by atoms with Crippen molar-refractivity contribution in [3.8, 4) is 0 Å². The highest BCUT2D eigenvalue weighted by Gasteiger charge is 2.35. The third-order valence-corrected chi connectivity index (χ3v) is 7.24. The van der Waals surface area contributed by atoms with E-state index >= 15 is 0 Å². The number of ether oxygens (including phenoxy) is 1. The Kier molecular flexibility index (Phi) is 8.35. The maximum absolute atomic E-state index is 10.5. The zero-order valence-corrected chi connectivity index (χ0v) is 19.0. The van der Waals surface area contributed by atoms with Crippen molar-refractivity contribution in [2.75, 3.05) is 39.3 Å². The fourth-order valence-corrected chi connectivity index (χ4v) is 5.24. The molecule has 0 radical (unpaired) electrons. The van der Waals surface area contributed by atoms with Gasteiger partial charge >= 0.3 is 0 Å². The number of guanidine groups is 1. The van der Waals surface area contributed by atoms with E-state index in [2.05, 4.69) is 53.8 Å². The molecule has 164 valence electrons. The van der Waals surface area contributed by atoms with Crippen molar-refractivity contribution < 1.29 is 9.84 Å². The third-order valence-electron chi connectivity index (χ3n) is 6.27. The van der Waals surface area contributed by atoms with Crippen LogP contribution in [0.2, 0.25) is 0 Å². The number of nitrogens with one attached hydrogen (secondary N) is 2. The van der Waals surface area contributed by atoms with E-state index in [0.717, 1.165) is 58.0 Å². The van der Waals surface area contributed by atoms with Crippen molar-refractivity contribution in [1.82, 2.24) is 15.5 Å². The summed E-state index contributed by atoms with van der Waals surface area (Å²) in [6, 6.07) is 4.66. The summed E-state index contributed by atoms with van der Waals surface area (Å²) in [5, 5.41) is 19.6. The van der Waals surface area contributed by atoms with Crippen molar-refractivity contribution in [3.05, 3.63) is 22.4 Å². The number of nitrogens with zero attached hydrogens (tertiary/aromatic N) is 2. The number of hydrogen-bond donors (Lipinski definition) is 3. The van der Waals surface area contributed by atoms with Gasteiger partial charge in [0.05, 0.1) is 31.4 Å². The van der Waals surface area contributed by atoms with Crippen molar-refractivity contribution in [2.45, 2.75) is 64.7 Å². The van der Waals surface area contributed by atoms with Gasteiger partial charge in [0, 0.05) is 36.5 Å². The molecule has 3 rings (SSSR count). The van der Waals surface area contributed by atoms with Gasteiger partial charge in [-0.2, -0.15) is 0 Å². The molecule has 4 atom stereocenters. The lowest BCUT2D eigenvalue weighted by Crippen LogP contribution is -2.48. The maximum Gasteiger partial charge on any atom is 0.191 e. The van der Waals surface area contributed by atoms with Crippen LogP contribution in [0.15, 0.2) is 22.5 Å². The highest BCUT2D eigenvalue weighted by atomic mass is 32.1. The molecule has 1 saturated carbocycles. The first-order valence-electron chi connectivity index (χ1n) is 11.1. The first kappa shape index (κ1) is 22.5. The molecule has 1 saturated heterocycles. The van der Waals surface area contributed by atoms with Gasteiger partial charge in [0.1, 0.15) is 0 Å². The van der Waals surface area contributed by atoms with E-state index in [1.165, 1.54) is 11.3 Å². The fraction of sp³-hybridized carbons (Fsp3) is 0.773. The van der Waals surface area contributed by atoms with Gasteiger partial charge in [-0.3, -0.25) is 9.89 Å². The molecule has 4 unspecified atom stereocenters. The van der Waals surface area contributed by atoms with E-state index in [0.29, 0.717) is 12.6 Å². The Morgan fingerprint density at radius 1 is 1.45 bits per heavy atom. The van der Waals surface area contributed by atoms with Crippen molar-refractivity contribution in [1.29, 1.82) is 0 Å². The van der Waals surface area contributed by atoms with Gasteiger partial charge in [-0.05, 0) is 38.1 Å². The van der Waals surface area contributed by atoms with Crippen LogP contribution in [0.4, 0.5) is 0 Å². The summed E-state index contributed by atoms with van der Waals surface area (Å²) >= 11 is 1.81. The molecule has 6 nitrogen and oxygen atoms in total. The minimum absolute atomic E-state index is 0.118. The second-order valence-electron chi connectivity index (χ2n) is 8.70. The van der Waals surface area contributed by atoms with Gasteiger partial charge in [-0.25, -0.2) is 0 Å². The van der Waals surface area contributed by atoms with Crippen molar-refractivity contribution in [2.24, 2.45) is 10.4 Å². The van der Waals surface area contributed by atoms with E-state index in [1.807, 2.05) is 11.3 Å². The average Bonchev–Trinajstić information content (AvgIpc) is 3.23. The number of rotatable bonds is 7. The van der Waals surface area contributed by atoms with E-state index in [1.54, 1.807) is 0 Å². The number of hydrogen-bond acceptors (Lipinski definition) is 5. The molecule has 3 N–H and O–H groups in total. The van der Waals surface area contributed by atoms with Crippen LogP contribution in [-0.2, 0) is 4.74 Å². The molecule has 1 aromatic rings. The van der Waals surface area contributed by atoms with Gasteiger partial charge in [0.2, 0.25) is 0 Å². The van der Waals surface area contributed by atoms with Crippen LogP contribution in [0.25, 0.3) is 0 Å². The van der Waals surface area contributed by atoms with Crippen LogP contribution in [0.5, 0.6) is 0 Å². The summed E-state index contributed by atoms with van der Waals surface area (Å²) in [5.74, 6) is 0.842. The summed E-state index contributed by atoms with van der Waals surface area (Å²) < 4.78 is 5.75. The molecule has 2 fully saturated rings. The quantitative estimate of drug-likeness (QED) is 0.466. The smallest absolute Gasteiger partial charge is 0.191 e. The number of morpholine rings is 1. The summed E-state index contributed by atoms with van der Waals surface area (Å²) in [4.78, 5) is 8.76. The highest BCUT2D eigenvalue weighted by Crippen LogP contribution is 2.36. The highest BCUT2D eigenvalue weighted by molar-refractivity contribution is 7.10. The first-order valence-corrected chi connectivity index (χ1v) is 12.0. The molecule has 0 amide bonds. The van der Waals surface area contributed by atoms with E-state index in [9.17, 15) is 5.11 Å². The second-order valence-corrected chi connectivity index (χ2v) is 9.68. The molecular formula is C22H38N4O2S. The molecule has 1 aliphatic carbocycles. The number of thiophene rings is 1. The predicted molar refractivity (Wildman–Crippen MR) is 121 cm³/mol. The van der Waals surface area contributed by atoms with Gasteiger partial charge in [-0.15, -0.1) is 11.3 Å². The number of aliphatic hydroxyl groups excluding tert-OH is 1. The van der Waals surface area contributed by atoms with Gasteiger partial charge in [-0.1, -0.05) is 25.8 Å². The fourth-order valence-electron chi connectivity index (χ4n) is 4.38. The Balaban J connectivity index is 1.66. The zero-order chi connectivity index (χ0) is 20.7.